The summed E-state index contributed by atoms with van der Waals surface area (Å²) in [4.78, 5) is 13.9. The van der Waals surface area contributed by atoms with E-state index in [4.69, 9.17) is 0 Å². The molecule has 1 aromatic rings. The van der Waals surface area contributed by atoms with Gasteiger partial charge in [-0.05, 0) is 6.92 Å². The van der Waals surface area contributed by atoms with Crippen LogP contribution in [0.4, 0.5) is 0 Å². The van der Waals surface area contributed by atoms with Gasteiger partial charge in [-0.1, -0.05) is 17.4 Å². The van der Waals surface area contributed by atoms with Gasteiger partial charge in [0.15, 0.2) is 5.69 Å². The van der Waals surface area contributed by atoms with Gasteiger partial charge in [-0.15, -0.1) is 5.10 Å². The molecule has 17 heavy (non-hydrogen) atoms. The summed E-state index contributed by atoms with van der Waals surface area (Å²) in [5, 5.41) is 11.0. The molecule has 0 radical (unpaired) electrons. The first-order valence-corrected chi connectivity index (χ1v) is 5.71. The summed E-state index contributed by atoms with van der Waals surface area (Å²) in [6, 6.07) is 0. The summed E-state index contributed by atoms with van der Waals surface area (Å²) in [6.07, 6.45) is 1.68. The summed E-state index contributed by atoms with van der Waals surface area (Å²) in [6.45, 7) is 9.45. The number of amides is 1. The van der Waals surface area contributed by atoms with E-state index in [1.165, 1.54) is 0 Å². The van der Waals surface area contributed by atoms with E-state index in [-0.39, 0.29) is 5.91 Å². The third-order valence-corrected chi connectivity index (χ3v) is 2.59. The Morgan fingerprint density at radius 1 is 1.53 bits per heavy atom. The highest BCUT2D eigenvalue weighted by Gasteiger charge is 2.20. The molecule has 1 amide bonds. The summed E-state index contributed by atoms with van der Waals surface area (Å²) in [5.74, 6) is -0.0422. The second kappa shape index (κ2) is 5.09. The first-order valence-electron chi connectivity index (χ1n) is 5.71. The number of rotatable bonds is 3. The van der Waals surface area contributed by atoms with Crippen LogP contribution in [0.1, 0.15) is 17.4 Å². The molecule has 1 aliphatic heterocycles. The molecule has 1 aromatic heterocycles. The molecule has 1 N–H and O–H groups in total. The normalized spacial score (nSPS) is 15.9. The van der Waals surface area contributed by atoms with Crippen LogP contribution in [-0.4, -0.2) is 52.0 Å². The third kappa shape index (κ3) is 2.91. The van der Waals surface area contributed by atoms with E-state index < -0.39 is 0 Å². The number of carbonyl (C=O) groups is 1. The fraction of sp³-hybridized carbons (Fsp3) is 0.545. The average molecular weight is 235 g/mol. The molecule has 2 rings (SSSR count). The molecule has 0 atom stereocenters. The monoisotopic (exact) mass is 235 g/mol. The molecule has 0 spiro atoms. The standard InChI is InChI=1S/C11H17N5O/c1-9(2)7-16-8-10(13-14-16)11(17)15-5-3-12-4-6-15/h8,12H,1,3-7H2,2H3. The molecule has 1 saturated heterocycles. The zero-order valence-corrected chi connectivity index (χ0v) is 10.0. The van der Waals surface area contributed by atoms with Gasteiger partial charge in [0.1, 0.15) is 0 Å². The van der Waals surface area contributed by atoms with E-state index in [1.807, 2.05) is 6.92 Å². The van der Waals surface area contributed by atoms with Crippen LogP contribution in [0, 0.1) is 0 Å². The van der Waals surface area contributed by atoms with E-state index in [2.05, 4.69) is 22.2 Å². The predicted octanol–water partition coefficient (Wildman–Crippen LogP) is -0.100. The predicted molar refractivity (Wildman–Crippen MR) is 63.6 cm³/mol. The average Bonchev–Trinajstić information content (AvgIpc) is 2.77. The lowest BCUT2D eigenvalue weighted by Gasteiger charge is -2.26. The summed E-state index contributed by atoms with van der Waals surface area (Å²) in [7, 11) is 0. The number of hydrogen-bond acceptors (Lipinski definition) is 4. The smallest absolute Gasteiger partial charge is 0.276 e. The van der Waals surface area contributed by atoms with Crippen molar-refractivity contribution in [3.05, 3.63) is 24.0 Å². The van der Waals surface area contributed by atoms with Gasteiger partial charge in [-0.25, -0.2) is 4.68 Å². The largest absolute Gasteiger partial charge is 0.335 e. The first-order chi connectivity index (χ1) is 8.16. The Balaban J connectivity index is 2.03. The van der Waals surface area contributed by atoms with Crippen molar-refractivity contribution in [2.45, 2.75) is 13.5 Å². The van der Waals surface area contributed by atoms with Crippen LogP contribution >= 0.6 is 0 Å². The maximum Gasteiger partial charge on any atom is 0.276 e. The van der Waals surface area contributed by atoms with Gasteiger partial charge in [-0.2, -0.15) is 0 Å². The minimum absolute atomic E-state index is 0.0422. The van der Waals surface area contributed by atoms with Crippen molar-refractivity contribution in [3.63, 3.8) is 0 Å². The molecule has 6 heteroatoms. The molecular formula is C11H17N5O. The van der Waals surface area contributed by atoms with Gasteiger partial charge in [-0.3, -0.25) is 4.79 Å². The molecule has 0 bridgehead atoms. The quantitative estimate of drug-likeness (QED) is 0.743. The lowest BCUT2D eigenvalue weighted by atomic mass is 10.3. The van der Waals surface area contributed by atoms with Gasteiger partial charge >= 0.3 is 0 Å². The summed E-state index contributed by atoms with van der Waals surface area (Å²) < 4.78 is 1.64. The summed E-state index contributed by atoms with van der Waals surface area (Å²) in [5.41, 5.74) is 1.39. The van der Waals surface area contributed by atoms with Crippen LogP contribution < -0.4 is 5.32 Å². The second-order valence-electron chi connectivity index (χ2n) is 4.30. The number of piperazine rings is 1. The number of nitrogens with zero attached hydrogens (tertiary/aromatic N) is 4. The molecule has 6 nitrogen and oxygen atoms in total. The highest BCUT2D eigenvalue weighted by molar-refractivity contribution is 5.92. The Hall–Kier alpha value is -1.69. The Morgan fingerprint density at radius 3 is 2.88 bits per heavy atom. The molecule has 0 aromatic carbocycles. The molecule has 92 valence electrons. The van der Waals surface area contributed by atoms with Crippen molar-refractivity contribution in [1.29, 1.82) is 0 Å². The number of nitrogens with one attached hydrogen (secondary N) is 1. The van der Waals surface area contributed by atoms with Gasteiger partial charge < -0.3 is 10.2 Å². The topological polar surface area (TPSA) is 63.1 Å². The zero-order chi connectivity index (χ0) is 12.3. The number of carbonyl (C=O) groups excluding carboxylic acids is 1. The van der Waals surface area contributed by atoms with Gasteiger partial charge in [0.05, 0.1) is 12.7 Å². The van der Waals surface area contributed by atoms with E-state index in [1.54, 1.807) is 15.8 Å². The van der Waals surface area contributed by atoms with Crippen LogP contribution in [0.3, 0.4) is 0 Å². The van der Waals surface area contributed by atoms with Crippen molar-refractivity contribution in [1.82, 2.24) is 25.2 Å². The van der Waals surface area contributed by atoms with Crippen molar-refractivity contribution >= 4 is 5.91 Å². The molecule has 1 aliphatic rings. The van der Waals surface area contributed by atoms with Crippen LogP contribution in [-0.2, 0) is 6.54 Å². The fourth-order valence-corrected chi connectivity index (χ4v) is 1.78. The van der Waals surface area contributed by atoms with E-state index in [9.17, 15) is 4.79 Å². The van der Waals surface area contributed by atoms with Gasteiger partial charge in [0.25, 0.3) is 5.91 Å². The van der Waals surface area contributed by atoms with E-state index in [0.29, 0.717) is 12.2 Å². The van der Waals surface area contributed by atoms with Gasteiger partial charge in [0.2, 0.25) is 0 Å². The van der Waals surface area contributed by atoms with Crippen molar-refractivity contribution in [2.24, 2.45) is 0 Å². The fourth-order valence-electron chi connectivity index (χ4n) is 1.78. The lowest BCUT2D eigenvalue weighted by molar-refractivity contribution is 0.0729. The third-order valence-electron chi connectivity index (χ3n) is 2.59. The first kappa shape index (κ1) is 11.8. The van der Waals surface area contributed by atoms with Crippen LogP contribution in [0.25, 0.3) is 0 Å². The molecular weight excluding hydrogens is 218 g/mol. The SMILES string of the molecule is C=C(C)Cn1cc(C(=O)N2CCNCC2)nn1. The lowest BCUT2D eigenvalue weighted by Crippen LogP contribution is -2.46. The maximum atomic E-state index is 12.1. The minimum Gasteiger partial charge on any atom is -0.335 e. The van der Waals surface area contributed by atoms with E-state index in [0.717, 1.165) is 31.8 Å². The molecule has 0 aliphatic carbocycles. The molecule has 0 unspecified atom stereocenters. The Bertz CT molecular complexity index is 419. The molecule has 2 heterocycles. The second-order valence-corrected chi connectivity index (χ2v) is 4.30. The van der Waals surface area contributed by atoms with Crippen molar-refractivity contribution in [3.8, 4) is 0 Å². The maximum absolute atomic E-state index is 12.1. The van der Waals surface area contributed by atoms with Crippen molar-refractivity contribution < 1.29 is 4.79 Å². The highest BCUT2D eigenvalue weighted by atomic mass is 16.2. The van der Waals surface area contributed by atoms with Crippen LogP contribution in [0.15, 0.2) is 18.3 Å². The number of allylic oxidation sites excluding steroid dienone is 1. The Labute approximate surface area is 100 Å². The Kier molecular flexibility index (Phi) is 3.53. The molecule has 0 saturated carbocycles. The van der Waals surface area contributed by atoms with E-state index >= 15 is 0 Å². The highest BCUT2D eigenvalue weighted by Crippen LogP contribution is 2.03. The Morgan fingerprint density at radius 2 is 2.24 bits per heavy atom. The summed E-state index contributed by atoms with van der Waals surface area (Å²) >= 11 is 0. The zero-order valence-electron chi connectivity index (χ0n) is 10.0. The van der Waals surface area contributed by atoms with Crippen LogP contribution in [0.5, 0.6) is 0 Å². The van der Waals surface area contributed by atoms with Crippen molar-refractivity contribution in [2.75, 3.05) is 26.2 Å². The van der Waals surface area contributed by atoms with Crippen LogP contribution in [0.2, 0.25) is 0 Å². The minimum atomic E-state index is -0.0422. The number of hydrogen-bond donors (Lipinski definition) is 1. The van der Waals surface area contributed by atoms with Gasteiger partial charge in [0, 0.05) is 26.2 Å². The number of aromatic nitrogens is 3. The molecule has 1 fully saturated rings.